The zero-order valence-corrected chi connectivity index (χ0v) is 12.9. The molecule has 0 spiro atoms. The quantitative estimate of drug-likeness (QED) is 0.892. The number of nitrogens with one attached hydrogen (secondary N) is 1. The molecule has 1 aliphatic rings. The van der Waals surface area contributed by atoms with Gasteiger partial charge in [0.25, 0.3) is 0 Å². The summed E-state index contributed by atoms with van der Waals surface area (Å²) >= 11 is 3.29. The predicted octanol–water partition coefficient (Wildman–Crippen LogP) is 3.54. The summed E-state index contributed by atoms with van der Waals surface area (Å²) in [7, 11) is 0. The van der Waals surface area contributed by atoms with Crippen LogP contribution in [0.4, 0.5) is 4.39 Å². The van der Waals surface area contributed by atoms with Crippen LogP contribution in [0, 0.1) is 11.7 Å². The molecule has 2 atom stereocenters. The monoisotopic (exact) mass is 329 g/mol. The van der Waals surface area contributed by atoms with E-state index in [4.69, 9.17) is 4.74 Å². The zero-order chi connectivity index (χ0) is 13.7. The molecule has 0 bridgehead atoms. The van der Waals surface area contributed by atoms with E-state index in [2.05, 4.69) is 28.2 Å². The second-order valence-corrected chi connectivity index (χ2v) is 6.00. The Bertz CT molecular complexity index is 407. The van der Waals surface area contributed by atoms with Crippen molar-refractivity contribution in [2.45, 2.75) is 32.2 Å². The third kappa shape index (κ3) is 4.26. The van der Waals surface area contributed by atoms with E-state index in [1.54, 1.807) is 0 Å². The molecule has 0 amide bonds. The third-order valence-corrected chi connectivity index (χ3v) is 4.18. The van der Waals surface area contributed by atoms with Crippen molar-refractivity contribution < 1.29 is 9.13 Å². The Morgan fingerprint density at radius 2 is 2.37 bits per heavy atom. The molecule has 0 saturated carbocycles. The molecule has 4 heteroatoms. The van der Waals surface area contributed by atoms with Crippen LogP contribution in [0.15, 0.2) is 22.7 Å². The Morgan fingerprint density at radius 3 is 3.00 bits per heavy atom. The Morgan fingerprint density at radius 1 is 1.53 bits per heavy atom. The highest BCUT2D eigenvalue weighted by Gasteiger charge is 2.24. The molecule has 0 aromatic heterocycles. The van der Waals surface area contributed by atoms with E-state index >= 15 is 0 Å². The average Bonchev–Trinajstić information content (AvgIpc) is 2.42. The van der Waals surface area contributed by atoms with Crippen LogP contribution in [0.2, 0.25) is 0 Å². The Balaban J connectivity index is 2.06. The van der Waals surface area contributed by atoms with Crippen LogP contribution in [0.3, 0.4) is 0 Å². The molecule has 1 saturated heterocycles. The lowest BCUT2D eigenvalue weighted by atomic mass is 9.89. The largest absolute Gasteiger partial charge is 0.381 e. The van der Waals surface area contributed by atoms with Gasteiger partial charge in [-0.15, -0.1) is 0 Å². The minimum atomic E-state index is -0.131. The van der Waals surface area contributed by atoms with Crippen LogP contribution in [-0.2, 0) is 11.2 Å². The molecule has 2 rings (SSSR count). The molecule has 1 aliphatic heterocycles. The number of rotatable bonds is 5. The SMILES string of the molecule is CCNC(Cc1ccc(Br)cc1F)C1CCCOC1. The number of hydrogen-bond acceptors (Lipinski definition) is 2. The first-order chi connectivity index (χ1) is 9.20. The second-order valence-electron chi connectivity index (χ2n) is 5.08. The smallest absolute Gasteiger partial charge is 0.127 e. The Kier molecular flexibility index (Phi) is 5.79. The highest BCUT2D eigenvalue weighted by atomic mass is 79.9. The van der Waals surface area contributed by atoms with Crippen LogP contribution < -0.4 is 5.32 Å². The maximum absolute atomic E-state index is 13.9. The summed E-state index contributed by atoms with van der Waals surface area (Å²) in [6.45, 7) is 4.64. The number of hydrogen-bond donors (Lipinski definition) is 1. The molecule has 106 valence electrons. The van der Waals surface area contributed by atoms with Crippen LogP contribution in [0.5, 0.6) is 0 Å². The Hall–Kier alpha value is -0.450. The number of benzene rings is 1. The average molecular weight is 330 g/mol. The van der Waals surface area contributed by atoms with Crippen molar-refractivity contribution in [2.75, 3.05) is 19.8 Å². The molecule has 19 heavy (non-hydrogen) atoms. The summed E-state index contributed by atoms with van der Waals surface area (Å²) in [6, 6.07) is 5.60. The van der Waals surface area contributed by atoms with E-state index in [-0.39, 0.29) is 5.82 Å². The lowest BCUT2D eigenvalue weighted by Gasteiger charge is -2.31. The molecule has 2 nitrogen and oxygen atoms in total. The van der Waals surface area contributed by atoms with Crippen molar-refractivity contribution >= 4 is 15.9 Å². The standard InChI is InChI=1S/C15H21BrFNO/c1-2-18-15(12-4-3-7-19-10-12)8-11-5-6-13(16)9-14(11)17/h5-6,9,12,15,18H,2-4,7-8,10H2,1H3. The first-order valence-corrected chi connectivity index (χ1v) is 7.75. The number of halogens is 2. The fourth-order valence-electron chi connectivity index (χ4n) is 2.67. The van der Waals surface area contributed by atoms with Gasteiger partial charge < -0.3 is 10.1 Å². The highest BCUT2D eigenvalue weighted by molar-refractivity contribution is 9.10. The lowest BCUT2D eigenvalue weighted by molar-refractivity contribution is 0.0394. The third-order valence-electron chi connectivity index (χ3n) is 3.69. The van der Waals surface area contributed by atoms with Gasteiger partial charge in [0.2, 0.25) is 0 Å². The molecule has 1 N–H and O–H groups in total. The van der Waals surface area contributed by atoms with Crippen molar-refractivity contribution in [3.8, 4) is 0 Å². The molecule has 0 radical (unpaired) electrons. The maximum Gasteiger partial charge on any atom is 0.127 e. The molecule has 1 fully saturated rings. The lowest BCUT2D eigenvalue weighted by Crippen LogP contribution is -2.41. The van der Waals surface area contributed by atoms with Gasteiger partial charge in [-0.3, -0.25) is 0 Å². The molecule has 1 aromatic rings. The molecular formula is C15H21BrFNO. The summed E-state index contributed by atoms with van der Waals surface area (Å²) in [5.74, 6) is 0.353. The molecule has 1 heterocycles. The first-order valence-electron chi connectivity index (χ1n) is 6.95. The Labute approximate surface area is 122 Å². The van der Waals surface area contributed by atoms with E-state index in [0.29, 0.717) is 12.0 Å². The van der Waals surface area contributed by atoms with Crippen molar-refractivity contribution in [3.63, 3.8) is 0 Å². The maximum atomic E-state index is 13.9. The number of likely N-dealkylation sites (N-methyl/N-ethyl adjacent to an activating group) is 1. The van der Waals surface area contributed by atoms with Crippen molar-refractivity contribution in [1.29, 1.82) is 0 Å². The van der Waals surface area contributed by atoms with E-state index in [9.17, 15) is 4.39 Å². The van der Waals surface area contributed by atoms with Gasteiger partial charge in [-0.25, -0.2) is 4.39 Å². The fourth-order valence-corrected chi connectivity index (χ4v) is 3.01. The minimum Gasteiger partial charge on any atom is -0.381 e. The van der Waals surface area contributed by atoms with Crippen molar-refractivity contribution in [3.05, 3.63) is 34.1 Å². The van der Waals surface area contributed by atoms with E-state index in [1.165, 1.54) is 6.07 Å². The van der Waals surface area contributed by atoms with Crippen molar-refractivity contribution in [1.82, 2.24) is 5.32 Å². The van der Waals surface area contributed by atoms with E-state index < -0.39 is 0 Å². The normalized spacial score (nSPS) is 21.3. The van der Waals surface area contributed by atoms with Crippen LogP contribution in [0.25, 0.3) is 0 Å². The van der Waals surface area contributed by atoms with Crippen molar-refractivity contribution in [2.24, 2.45) is 5.92 Å². The molecular weight excluding hydrogens is 309 g/mol. The number of ether oxygens (including phenoxy) is 1. The molecule has 2 unspecified atom stereocenters. The summed E-state index contributed by atoms with van der Waals surface area (Å²) < 4.78 is 20.3. The summed E-state index contributed by atoms with van der Waals surface area (Å²) in [5.41, 5.74) is 0.778. The van der Waals surface area contributed by atoms with Gasteiger partial charge in [0.1, 0.15) is 5.82 Å². The predicted molar refractivity (Wildman–Crippen MR) is 78.8 cm³/mol. The van der Waals surface area contributed by atoms with Gasteiger partial charge >= 0.3 is 0 Å². The summed E-state index contributed by atoms with van der Waals surface area (Å²) in [4.78, 5) is 0. The van der Waals surface area contributed by atoms with Crippen LogP contribution in [0.1, 0.15) is 25.3 Å². The zero-order valence-electron chi connectivity index (χ0n) is 11.3. The molecule has 1 aromatic carbocycles. The van der Waals surface area contributed by atoms with Crippen LogP contribution >= 0.6 is 15.9 Å². The van der Waals surface area contributed by atoms with Gasteiger partial charge in [-0.05, 0) is 49.4 Å². The first kappa shape index (κ1) is 14.9. The van der Waals surface area contributed by atoms with E-state index in [1.807, 2.05) is 12.1 Å². The summed E-state index contributed by atoms with van der Waals surface area (Å²) in [5, 5.41) is 3.48. The van der Waals surface area contributed by atoms with Gasteiger partial charge in [-0.1, -0.05) is 28.9 Å². The fraction of sp³-hybridized carbons (Fsp3) is 0.600. The minimum absolute atomic E-state index is 0.131. The van der Waals surface area contributed by atoms with Gasteiger partial charge in [0.15, 0.2) is 0 Å². The topological polar surface area (TPSA) is 21.3 Å². The second kappa shape index (κ2) is 7.36. The van der Waals surface area contributed by atoms with Crippen LogP contribution in [-0.4, -0.2) is 25.8 Å². The van der Waals surface area contributed by atoms with Gasteiger partial charge in [0, 0.05) is 17.1 Å². The molecule has 0 aliphatic carbocycles. The van der Waals surface area contributed by atoms with E-state index in [0.717, 1.165) is 49.1 Å². The highest BCUT2D eigenvalue weighted by Crippen LogP contribution is 2.23. The summed E-state index contributed by atoms with van der Waals surface area (Å²) in [6.07, 6.45) is 2.99. The van der Waals surface area contributed by atoms with Gasteiger partial charge in [0.05, 0.1) is 6.61 Å². The van der Waals surface area contributed by atoms with Gasteiger partial charge in [-0.2, -0.15) is 0 Å².